The number of rotatable bonds is 2. The second kappa shape index (κ2) is 4.14. The van der Waals surface area contributed by atoms with Gasteiger partial charge in [0, 0.05) is 19.6 Å². The van der Waals surface area contributed by atoms with E-state index in [2.05, 4.69) is 20.3 Å². The van der Waals surface area contributed by atoms with Crippen molar-refractivity contribution < 1.29 is 4.79 Å². The summed E-state index contributed by atoms with van der Waals surface area (Å²) < 4.78 is 1.81. The standard InChI is InChI=1S/C11H13N5O/c17-11-7-15(5-4-12-11)6-9-2-1-3-10-13-8-14-16(9)10/h1-3,8H,4-7H2,(H,12,17). The van der Waals surface area contributed by atoms with Crippen molar-refractivity contribution in [2.45, 2.75) is 6.54 Å². The number of carbonyl (C=O) groups is 1. The van der Waals surface area contributed by atoms with Crippen molar-refractivity contribution in [1.29, 1.82) is 0 Å². The SMILES string of the molecule is O=C1CN(Cc2cccc3ncnn23)CCN1. The number of hydrogen-bond donors (Lipinski definition) is 1. The van der Waals surface area contributed by atoms with Crippen LogP contribution in [0.3, 0.4) is 0 Å². The molecule has 1 saturated heterocycles. The average Bonchev–Trinajstić information content (AvgIpc) is 2.78. The van der Waals surface area contributed by atoms with E-state index >= 15 is 0 Å². The zero-order chi connectivity index (χ0) is 11.7. The molecular formula is C11H13N5O. The highest BCUT2D eigenvalue weighted by atomic mass is 16.2. The fourth-order valence-electron chi connectivity index (χ4n) is 2.08. The Morgan fingerprint density at radius 3 is 3.24 bits per heavy atom. The molecule has 6 heteroatoms. The molecule has 3 heterocycles. The number of nitrogens with zero attached hydrogens (tertiary/aromatic N) is 4. The molecule has 1 aliphatic rings. The number of amides is 1. The minimum Gasteiger partial charge on any atom is -0.354 e. The molecule has 0 radical (unpaired) electrons. The molecule has 0 aliphatic carbocycles. The number of hydrogen-bond acceptors (Lipinski definition) is 4. The van der Waals surface area contributed by atoms with Gasteiger partial charge in [-0.25, -0.2) is 9.50 Å². The topological polar surface area (TPSA) is 62.5 Å². The molecule has 0 spiro atoms. The summed E-state index contributed by atoms with van der Waals surface area (Å²) >= 11 is 0. The number of fused-ring (bicyclic) bond motifs is 1. The van der Waals surface area contributed by atoms with Crippen molar-refractivity contribution in [1.82, 2.24) is 24.8 Å². The van der Waals surface area contributed by atoms with Gasteiger partial charge in [-0.1, -0.05) is 6.07 Å². The van der Waals surface area contributed by atoms with E-state index in [0.717, 1.165) is 17.9 Å². The molecule has 0 atom stereocenters. The summed E-state index contributed by atoms with van der Waals surface area (Å²) in [5.41, 5.74) is 1.89. The van der Waals surface area contributed by atoms with Crippen LogP contribution in [0.25, 0.3) is 5.65 Å². The van der Waals surface area contributed by atoms with E-state index in [1.807, 2.05) is 22.7 Å². The van der Waals surface area contributed by atoms with Gasteiger partial charge in [-0.3, -0.25) is 9.69 Å². The second-order valence-corrected chi connectivity index (χ2v) is 4.11. The minimum absolute atomic E-state index is 0.0852. The first kappa shape index (κ1) is 10.2. The van der Waals surface area contributed by atoms with Gasteiger partial charge in [0.25, 0.3) is 0 Å². The summed E-state index contributed by atoms with van der Waals surface area (Å²) in [6.45, 7) is 2.75. The number of nitrogens with one attached hydrogen (secondary N) is 1. The molecule has 0 saturated carbocycles. The summed E-state index contributed by atoms with van der Waals surface area (Å²) in [6, 6.07) is 5.89. The van der Waals surface area contributed by atoms with Gasteiger partial charge in [0.1, 0.15) is 6.33 Å². The molecule has 2 aromatic rings. The lowest BCUT2D eigenvalue weighted by Crippen LogP contribution is -2.47. The predicted octanol–water partition coefficient (Wildman–Crippen LogP) is -0.339. The average molecular weight is 231 g/mol. The zero-order valence-corrected chi connectivity index (χ0v) is 9.33. The fourth-order valence-corrected chi connectivity index (χ4v) is 2.08. The predicted molar refractivity (Wildman–Crippen MR) is 61.3 cm³/mol. The molecule has 17 heavy (non-hydrogen) atoms. The summed E-state index contributed by atoms with van der Waals surface area (Å²) in [5.74, 6) is 0.0852. The van der Waals surface area contributed by atoms with E-state index in [4.69, 9.17) is 0 Å². The third kappa shape index (κ3) is 1.99. The lowest BCUT2D eigenvalue weighted by molar-refractivity contribution is -0.124. The molecule has 6 nitrogen and oxygen atoms in total. The van der Waals surface area contributed by atoms with Gasteiger partial charge in [-0.2, -0.15) is 5.10 Å². The molecule has 1 N–H and O–H groups in total. The monoisotopic (exact) mass is 231 g/mol. The Balaban J connectivity index is 1.84. The fraction of sp³-hybridized carbons (Fsp3) is 0.364. The molecule has 0 unspecified atom stereocenters. The first-order valence-electron chi connectivity index (χ1n) is 5.59. The van der Waals surface area contributed by atoms with Gasteiger partial charge >= 0.3 is 0 Å². The summed E-state index contributed by atoms with van der Waals surface area (Å²) in [7, 11) is 0. The molecule has 3 rings (SSSR count). The lowest BCUT2D eigenvalue weighted by Gasteiger charge is -2.26. The summed E-state index contributed by atoms with van der Waals surface area (Å²) in [4.78, 5) is 17.5. The summed E-state index contributed by atoms with van der Waals surface area (Å²) in [5, 5.41) is 7.00. The molecule has 2 aromatic heterocycles. The van der Waals surface area contributed by atoms with E-state index in [9.17, 15) is 4.79 Å². The Hall–Kier alpha value is -1.95. The number of carbonyl (C=O) groups excluding carboxylic acids is 1. The molecule has 0 bridgehead atoms. The first-order valence-corrected chi connectivity index (χ1v) is 5.59. The normalized spacial score (nSPS) is 17.3. The van der Waals surface area contributed by atoms with E-state index < -0.39 is 0 Å². The maximum absolute atomic E-state index is 11.3. The van der Waals surface area contributed by atoms with E-state index in [1.165, 1.54) is 0 Å². The van der Waals surface area contributed by atoms with Gasteiger partial charge in [0.2, 0.25) is 5.91 Å². The van der Waals surface area contributed by atoms with Crippen LogP contribution in [0.1, 0.15) is 5.69 Å². The lowest BCUT2D eigenvalue weighted by atomic mass is 10.3. The summed E-state index contributed by atoms with van der Waals surface area (Å²) in [6.07, 6.45) is 1.54. The van der Waals surface area contributed by atoms with Crippen LogP contribution in [0.15, 0.2) is 24.5 Å². The Bertz CT molecular complexity index is 550. The maximum atomic E-state index is 11.3. The highest BCUT2D eigenvalue weighted by molar-refractivity contribution is 5.78. The van der Waals surface area contributed by atoms with E-state index in [1.54, 1.807) is 6.33 Å². The van der Waals surface area contributed by atoms with E-state index in [-0.39, 0.29) is 5.91 Å². The van der Waals surface area contributed by atoms with Crippen LogP contribution in [-0.4, -0.2) is 45.0 Å². The van der Waals surface area contributed by atoms with Crippen LogP contribution in [0.2, 0.25) is 0 Å². The Kier molecular flexibility index (Phi) is 2.49. The highest BCUT2D eigenvalue weighted by Crippen LogP contribution is 2.07. The number of piperazine rings is 1. The van der Waals surface area contributed by atoms with E-state index in [0.29, 0.717) is 19.6 Å². The molecule has 0 aromatic carbocycles. The molecule has 1 aliphatic heterocycles. The van der Waals surface area contributed by atoms with Crippen LogP contribution in [0.4, 0.5) is 0 Å². The Morgan fingerprint density at radius 1 is 1.41 bits per heavy atom. The Labute approximate surface area is 98.2 Å². The minimum atomic E-state index is 0.0852. The highest BCUT2D eigenvalue weighted by Gasteiger charge is 2.17. The van der Waals surface area contributed by atoms with Crippen LogP contribution in [0, 0.1) is 0 Å². The molecule has 1 amide bonds. The van der Waals surface area contributed by atoms with Gasteiger partial charge < -0.3 is 5.32 Å². The van der Waals surface area contributed by atoms with Crippen LogP contribution >= 0.6 is 0 Å². The molecule has 1 fully saturated rings. The van der Waals surface area contributed by atoms with Crippen molar-refractivity contribution >= 4 is 11.6 Å². The maximum Gasteiger partial charge on any atom is 0.234 e. The quantitative estimate of drug-likeness (QED) is 0.768. The van der Waals surface area contributed by atoms with Crippen molar-refractivity contribution in [2.24, 2.45) is 0 Å². The first-order chi connectivity index (χ1) is 8.33. The van der Waals surface area contributed by atoms with Crippen molar-refractivity contribution in [3.8, 4) is 0 Å². The van der Waals surface area contributed by atoms with Crippen LogP contribution in [0.5, 0.6) is 0 Å². The zero-order valence-electron chi connectivity index (χ0n) is 9.33. The number of aromatic nitrogens is 3. The van der Waals surface area contributed by atoms with Gasteiger partial charge in [0.05, 0.1) is 12.2 Å². The van der Waals surface area contributed by atoms with Crippen LogP contribution in [-0.2, 0) is 11.3 Å². The largest absolute Gasteiger partial charge is 0.354 e. The van der Waals surface area contributed by atoms with Crippen molar-refractivity contribution in [2.75, 3.05) is 19.6 Å². The van der Waals surface area contributed by atoms with Gasteiger partial charge in [-0.05, 0) is 12.1 Å². The Morgan fingerprint density at radius 2 is 2.35 bits per heavy atom. The van der Waals surface area contributed by atoms with Gasteiger partial charge in [0.15, 0.2) is 5.65 Å². The van der Waals surface area contributed by atoms with Crippen LogP contribution < -0.4 is 5.32 Å². The van der Waals surface area contributed by atoms with Crippen molar-refractivity contribution in [3.63, 3.8) is 0 Å². The molecule has 88 valence electrons. The van der Waals surface area contributed by atoms with Crippen molar-refractivity contribution in [3.05, 3.63) is 30.2 Å². The second-order valence-electron chi connectivity index (χ2n) is 4.11. The van der Waals surface area contributed by atoms with Gasteiger partial charge in [-0.15, -0.1) is 0 Å². The number of pyridine rings is 1. The molecular weight excluding hydrogens is 218 g/mol. The third-order valence-electron chi connectivity index (χ3n) is 2.88. The third-order valence-corrected chi connectivity index (χ3v) is 2.88. The smallest absolute Gasteiger partial charge is 0.234 e.